The molecule has 34 heavy (non-hydrogen) atoms. The lowest BCUT2D eigenvalue weighted by atomic mass is 9.98. The number of nitrogens with one attached hydrogen (secondary N) is 1. The van der Waals surface area contributed by atoms with Crippen molar-refractivity contribution < 1.29 is 29.0 Å². The number of rotatable bonds is 8. The lowest BCUT2D eigenvalue weighted by Crippen LogP contribution is -2.56. The number of carbonyl (C=O) groups excluding carboxylic acids is 2. The summed E-state index contributed by atoms with van der Waals surface area (Å²) in [4.78, 5) is 39.0. The Bertz CT molecular complexity index is 1030. The molecule has 4 rings (SSSR count). The van der Waals surface area contributed by atoms with Gasteiger partial charge >= 0.3 is 12.1 Å². The highest BCUT2D eigenvalue weighted by Crippen LogP contribution is 2.44. The van der Waals surface area contributed by atoms with Crippen LogP contribution in [-0.2, 0) is 19.1 Å². The summed E-state index contributed by atoms with van der Waals surface area (Å²) in [5, 5.41) is 11.9. The average molecular weight is 485 g/mol. The molecule has 8 nitrogen and oxygen atoms in total. The van der Waals surface area contributed by atoms with Gasteiger partial charge in [0.1, 0.15) is 18.7 Å². The van der Waals surface area contributed by atoms with Gasteiger partial charge in [-0.05, 0) is 28.7 Å². The third-order valence-corrected chi connectivity index (χ3v) is 7.70. The molecule has 0 radical (unpaired) electrons. The molecule has 1 fully saturated rings. The van der Waals surface area contributed by atoms with Crippen LogP contribution in [0.3, 0.4) is 0 Å². The lowest BCUT2D eigenvalue weighted by Gasteiger charge is -2.30. The van der Waals surface area contributed by atoms with Gasteiger partial charge in [-0.3, -0.25) is 4.79 Å². The van der Waals surface area contributed by atoms with Crippen molar-refractivity contribution in [2.45, 2.75) is 36.7 Å². The smallest absolute Gasteiger partial charge is 0.407 e. The molecule has 0 saturated carbocycles. The molecule has 0 bridgehead atoms. The van der Waals surface area contributed by atoms with Gasteiger partial charge in [-0.2, -0.15) is 0 Å². The third-order valence-electron chi connectivity index (χ3n) is 6.25. The normalized spacial score (nSPS) is 19.9. The highest BCUT2D eigenvalue weighted by Gasteiger charge is 2.43. The Morgan fingerprint density at radius 3 is 2.29 bits per heavy atom. The van der Waals surface area contributed by atoms with Crippen LogP contribution in [0, 0.1) is 0 Å². The highest BCUT2D eigenvalue weighted by molar-refractivity contribution is 8.00. The van der Waals surface area contributed by atoms with Gasteiger partial charge in [0.15, 0.2) is 0 Å². The molecule has 2 amide bonds. The first-order valence-electron chi connectivity index (χ1n) is 11.2. The summed E-state index contributed by atoms with van der Waals surface area (Å²) < 4.78 is 10.7. The Hall–Kier alpha value is -3.04. The van der Waals surface area contributed by atoms with Gasteiger partial charge in [-0.25, -0.2) is 9.59 Å². The number of amides is 2. The number of carboxylic acid groups (broad SMARTS) is 1. The summed E-state index contributed by atoms with van der Waals surface area (Å²) in [5.74, 6) is -1.34. The number of hydrogen-bond acceptors (Lipinski definition) is 6. The molecule has 2 aliphatic rings. The summed E-state index contributed by atoms with van der Waals surface area (Å²) in [5.41, 5.74) is 4.42. The fourth-order valence-electron chi connectivity index (χ4n) is 4.67. The second-order valence-electron chi connectivity index (χ2n) is 8.27. The second-order valence-corrected chi connectivity index (χ2v) is 9.48. The molecule has 180 valence electrons. The summed E-state index contributed by atoms with van der Waals surface area (Å²) in [6.45, 7) is 1.92. The molecule has 1 saturated heterocycles. The van der Waals surface area contributed by atoms with Crippen molar-refractivity contribution in [3.05, 3.63) is 59.7 Å². The zero-order valence-corrected chi connectivity index (χ0v) is 19.9. The predicted octanol–water partition coefficient (Wildman–Crippen LogP) is 3.30. The zero-order chi connectivity index (χ0) is 24.2. The van der Waals surface area contributed by atoms with Crippen molar-refractivity contribution in [1.82, 2.24) is 10.2 Å². The van der Waals surface area contributed by atoms with Gasteiger partial charge < -0.3 is 24.8 Å². The number of thioether (sulfide) groups is 1. The number of methoxy groups -OCH3 is 1. The number of nitrogens with zero attached hydrogens (tertiary/aromatic N) is 1. The summed E-state index contributed by atoms with van der Waals surface area (Å²) in [6.07, 6.45) is -0.144. The molecule has 2 N–H and O–H groups in total. The van der Waals surface area contributed by atoms with E-state index in [1.807, 2.05) is 43.3 Å². The minimum atomic E-state index is -1.06. The standard InChI is InChI=1S/C25H28N2O6S/c1-3-22-27(21(14-34-22)24(29)30)23(28)20(13-32-2)26-25(31)33-12-19-17-10-6-4-8-15(17)16-9-5-7-11-18(16)19/h4-11,19-22H,3,12-14H2,1-2H3,(H,26,31)(H,29,30). The molecule has 1 aliphatic carbocycles. The van der Waals surface area contributed by atoms with Gasteiger partial charge in [0.05, 0.1) is 12.0 Å². The number of aliphatic carboxylic acids is 1. The first-order valence-corrected chi connectivity index (χ1v) is 12.3. The lowest BCUT2D eigenvalue weighted by molar-refractivity contribution is -0.150. The maximum absolute atomic E-state index is 13.2. The Kier molecular flexibility index (Phi) is 7.43. The number of alkyl carbamates (subject to hydrolysis) is 1. The molecule has 0 aromatic heterocycles. The summed E-state index contributed by atoms with van der Waals surface area (Å²) in [6, 6.07) is 14.1. The van der Waals surface area contributed by atoms with Crippen LogP contribution in [0.15, 0.2) is 48.5 Å². The van der Waals surface area contributed by atoms with E-state index in [4.69, 9.17) is 9.47 Å². The van der Waals surface area contributed by atoms with Crippen LogP contribution < -0.4 is 5.32 Å². The topological polar surface area (TPSA) is 105 Å². The molecule has 3 atom stereocenters. The van der Waals surface area contributed by atoms with Crippen molar-refractivity contribution in [1.29, 1.82) is 0 Å². The van der Waals surface area contributed by atoms with Crippen LogP contribution in [0.2, 0.25) is 0 Å². The van der Waals surface area contributed by atoms with Crippen molar-refractivity contribution in [3.8, 4) is 11.1 Å². The van der Waals surface area contributed by atoms with E-state index in [9.17, 15) is 19.5 Å². The van der Waals surface area contributed by atoms with Crippen molar-refractivity contribution in [2.24, 2.45) is 0 Å². The monoisotopic (exact) mass is 484 g/mol. The van der Waals surface area contributed by atoms with E-state index in [0.29, 0.717) is 12.2 Å². The maximum Gasteiger partial charge on any atom is 0.407 e. The number of carboxylic acids is 1. The van der Waals surface area contributed by atoms with E-state index >= 15 is 0 Å². The van der Waals surface area contributed by atoms with Gasteiger partial charge in [0.25, 0.3) is 0 Å². The minimum absolute atomic E-state index is 0.0903. The molecule has 9 heteroatoms. The van der Waals surface area contributed by atoms with E-state index in [-0.39, 0.29) is 24.5 Å². The van der Waals surface area contributed by atoms with Crippen LogP contribution in [0.5, 0.6) is 0 Å². The molecular weight excluding hydrogens is 456 g/mol. The predicted molar refractivity (Wildman–Crippen MR) is 129 cm³/mol. The molecule has 2 aromatic rings. The van der Waals surface area contributed by atoms with Gasteiger partial charge in [-0.15, -0.1) is 11.8 Å². The van der Waals surface area contributed by atoms with Crippen molar-refractivity contribution in [2.75, 3.05) is 26.1 Å². The third kappa shape index (κ3) is 4.63. The summed E-state index contributed by atoms with van der Waals surface area (Å²) in [7, 11) is 1.42. The quantitative estimate of drug-likeness (QED) is 0.592. The first-order chi connectivity index (χ1) is 16.5. The fraction of sp³-hybridized carbons (Fsp3) is 0.400. The van der Waals surface area contributed by atoms with E-state index in [0.717, 1.165) is 22.3 Å². The number of ether oxygens (including phenoxy) is 2. The number of hydrogen-bond donors (Lipinski definition) is 2. The van der Waals surface area contributed by atoms with E-state index < -0.39 is 30.1 Å². The molecule has 1 heterocycles. The maximum atomic E-state index is 13.2. The Balaban J connectivity index is 1.45. The van der Waals surface area contributed by atoms with E-state index in [2.05, 4.69) is 17.4 Å². The van der Waals surface area contributed by atoms with Crippen molar-refractivity contribution in [3.63, 3.8) is 0 Å². The van der Waals surface area contributed by atoms with Gasteiger partial charge in [0.2, 0.25) is 5.91 Å². The van der Waals surface area contributed by atoms with Crippen molar-refractivity contribution >= 4 is 29.7 Å². The zero-order valence-electron chi connectivity index (χ0n) is 19.1. The Labute approximate surface area is 202 Å². The molecule has 1 aliphatic heterocycles. The molecule has 3 unspecified atom stereocenters. The largest absolute Gasteiger partial charge is 0.480 e. The van der Waals surface area contributed by atoms with Crippen LogP contribution in [-0.4, -0.2) is 71.5 Å². The average Bonchev–Trinajstić information content (AvgIpc) is 3.41. The highest BCUT2D eigenvalue weighted by atomic mass is 32.2. The number of carbonyl (C=O) groups is 3. The van der Waals surface area contributed by atoms with Crippen LogP contribution >= 0.6 is 11.8 Å². The minimum Gasteiger partial charge on any atom is -0.480 e. The molecule has 2 aromatic carbocycles. The van der Waals surface area contributed by atoms with Crippen LogP contribution in [0.1, 0.15) is 30.4 Å². The van der Waals surface area contributed by atoms with E-state index in [1.165, 1.54) is 23.8 Å². The SMILES string of the molecule is CCC1SCC(C(=O)O)N1C(=O)C(COC)NC(=O)OCC1c2ccccc2-c2ccccc21. The van der Waals surface area contributed by atoms with Crippen LogP contribution in [0.4, 0.5) is 4.79 Å². The Morgan fingerprint density at radius 2 is 1.74 bits per heavy atom. The van der Waals surface area contributed by atoms with Gasteiger partial charge in [-0.1, -0.05) is 55.5 Å². The number of benzene rings is 2. The molecular formula is C25H28N2O6S. The Morgan fingerprint density at radius 1 is 1.12 bits per heavy atom. The fourth-order valence-corrected chi connectivity index (χ4v) is 6.02. The molecule has 0 spiro atoms. The van der Waals surface area contributed by atoms with E-state index in [1.54, 1.807) is 0 Å². The summed E-state index contributed by atoms with van der Waals surface area (Å²) >= 11 is 1.42. The second kappa shape index (κ2) is 10.5. The van der Waals surface area contributed by atoms with Gasteiger partial charge in [0, 0.05) is 18.8 Å². The van der Waals surface area contributed by atoms with Crippen LogP contribution in [0.25, 0.3) is 11.1 Å². The first kappa shape index (κ1) is 24.1. The number of fused-ring (bicyclic) bond motifs is 3.